The summed E-state index contributed by atoms with van der Waals surface area (Å²) in [5.74, 6) is -0.393. The number of hydrogen-bond acceptors (Lipinski definition) is 8. The van der Waals surface area contributed by atoms with Crippen molar-refractivity contribution in [1.29, 1.82) is 5.26 Å². The normalized spacial score (nSPS) is 20.9. The molecule has 1 amide bonds. The van der Waals surface area contributed by atoms with Gasteiger partial charge in [-0.15, -0.1) is 0 Å². The minimum absolute atomic E-state index is 0.00667. The second-order valence-corrected chi connectivity index (χ2v) is 10.9. The molecule has 1 N–H and O–H groups in total. The van der Waals surface area contributed by atoms with Crippen molar-refractivity contribution in [3.63, 3.8) is 0 Å². The molecule has 0 spiro atoms. The van der Waals surface area contributed by atoms with Crippen LogP contribution in [0.5, 0.6) is 0 Å². The molecule has 0 bridgehead atoms. The van der Waals surface area contributed by atoms with Gasteiger partial charge in [-0.25, -0.2) is 13.4 Å². The first-order chi connectivity index (χ1) is 16.2. The van der Waals surface area contributed by atoms with Crippen molar-refractivity contribution in [2.45, 2.75) is 26.3 Å². The van der Waals surface area contributed by atoms with Crippen molar-refractivity contribution >= 4 is 33.3 Å². The van der Waals surface area contributed by atoms with Gasteiger partial charge in [0.05, 0.1) is 17.1 Å². The number of nitrogens with zero attached hydrogens (tertiary/aromatic N) is 5. The molecular formula is C23H28N6O4S. The van der Waals surface area contributed by atoms with E-state index >= 15 is 0 Å². The Balaban J connectivity index is 1.76. The molecule has 34 heavy (non-hydrogen) atoms. The molecule has 0 aromatic carbocycles. The van der Waals surface area contributed by atoms with Gasteiger partial charge in [0, 0.05) is 38.4 Å². The molecule has 11 heteroatoms. The summed E-state index contributed by atoms with van der Waals surface area (Å²) < 4.78 is 24.9. The molecule has 2 aromatic heterocycles. The summed E-state index contributed by atoms with van der Waals surface area (Å²) in [6.45, 7) is 7.87. The number of nitriles is 1. The fraction of sp³-hybridized carbons (Fsp3) is 0.478. The number of carbonyl (C=O) groups excluding carboxylic acids is 1. The predicted molar refractivity (Wildman–Crippen MR) is 129 cm³/mol. The summed E-state index contributed by atoms with van der Waals surface area (Å²) in [5.41, 5.74) is 0.898. The van der Waals surface area contributed by atoms with Crippen LogP contribution in [0, 0.1) is 18.3 Å². The molecule has 10 nitrogen and oxygen atoms in total. The Kier molecular flexibility index (Phi) is 6.72. The van der Waals surface area contributed by atoms with Gasteiger partial charge in [-0.3, -0.25) is 14.0 Å². The molecule has 0 saturated carbocycles. The summed E-state index contributed by atoms with van der Waals surface area (Å²) >= 11 is 0. The molecule has 4 rings (SSSR count). The van der Waals surface area contributed by atoms with Crippen molar-refractivity contribution in [1.82, 2.24) is 19.6 Å². The second-order valence-electron chi connectivity index (χ2n) is 8.70. The number of pyridine rings is 1. The average molecular weight is 485 g/mol. The average Bonchev–Trinajstić information content (AvgIpc) is 3.16. The molecular weight excluding hydrogens is 456 g/mol. The maximum atomic E-state index is 13.5. The van der Waals surface area contributed by atoms with Crippen LogP contribution < -0.4 is 15.8 Å². The minimum atomic E-state index is -3.19. The molecule has 180 valence electrons. The molecule has 1 atom stereocenters. The highest BCUT2D eigenvalue weighted by atomic mass is 32.2. The number of aryl methyl sites for hydroxylation is 1. The zero-order valence-electron chi connectivity index (χ0n) is 19.3. The van der Waals surface area contributed by atoms with Crippen molar-refractivity contribution in [2.24, 2.45) is 0 Å². The van der Waals surface area contributed by atoms with E-state index in [1.54, 1.807) is 12.3 Å². The van der Waals surface area contributed by atoms with E-state index in [0.717, 1.165) is 25.2 Å². The molecule has 2 aromatic rings. The van der Waals surface area contributed by atoms with Gasteiger partial charge in [0.25, 0.3) is 11.5 Å². The van der Waals surface area contributed by atoms with Crippen LogP contribution >= 0.6 is 0 Å². The number of amides is 1. The van der Waals surface area contributed by atoms with Gasteiger partial charge in [-0.2, -0.15) is 5.26 Å². The van der Waals surface area contributed by atoms with E-state index in [-0.39, 0.29) is 28.2 Å². The molecule has 0 unspecified atom stereocenters. The first kappa shape index (κ1) is 23.9. The lowest BCUT2D eigenvalue weighted by Crippen LogP contribution is -2.47. The molecule has 2 saturated heterocycles. The van der Waals surface area contributed by atoms with E-state index in [9.17, 15) is 23.3 Å². The van der Waals surface area contributed by atoms with E-state index in [1.807, 2.05) is 24.0 Å². The number of hydrogen-bond donors (Lipinski definition) is 1. The van der Waals surface area contributed by atoms with Gasteiger partial charge in [0.2, 0.25) is 0 Å². The first-order valence-electron chi connectivity index (χ1n) is 11.3. The second kappa shape index (κ2) is 9.56. The third-order valence-corrected chi connectivity index (χ3v) is 8.17. The Hall–Kier alpha value is -3.23. The number of rotatable bonds is 5. The van der Waals surface area contributed by atoms with E-state index < -0.39 is 21.8 Å². The van der Waals surface area contributed by atoms with Gasteiger partial charge < -0.3 is 15.1 Å². The van der Waals surface area contributed by atoms with Crippen molar-refractivity contribution in [2.75, 3.05) is 49.1 Å². The number of piperazine rings is 1. The third-order valence-electron chi connectivity index (χ3n) is 6.40. The topological polar surface area (TPSA) is 128 Å². The molecule has 2 aliphatic rings. The highest BCUT2D eigenvalue weighted by molar-refractivity contribution is 7.91. The van der Waals surface area contributed by atoms with Gasteiger partial charge in [-0.1, -0.05) is 13.0 Å². The third kappa shape index (κ3) is 4.83. The Labute approximate surface area is 198 Å². The highest BCUT2D eigenvalue weighted by Gasteiger charge is 2.30. The van der Waals surface area contributed by atoms with Gasteiger partial charge >= 0.3 is 0 Å². The van der Waals surface area contributed by atoms with Gasteiger partial charge in [0.15, 0.2) is 9.84 Å². The summed E-state index contributed by atoms with van der Waals surface area (Å²) in [6.07, 6.45) is 3.20. The SMILES string of the molecule is CCN1CCN(c2nc3c(C)cccn3c(=O)c2/C=C(\C#N)C(=O)N[C@H]2CCS(=O)(=O)C2)CC1. The quantitative estimate of drug-likeness (QED) is 0.476. The standard InChI is InChI=1S/C23H28N6O4S/c1-3-27-8-10-28(11-9-27)21-19(23(31)29-7-4-5-16(2)20(29)26-21)13-17(14-24)22(30)25-18-6-12-34(32,33)15-18/h4-5,7,13,18H,3,6,8-12,15H2,1-2H3,(H,25,30)/b17-13+/t18-/m0/s1. The summed E-state index contributed by atoms with van der Waals surface area (Å²) in [4.78, 5) is 35.4. The molecule has 2 aliphatic heterocycles. The van der Waals surface area contributed by atoms with Crippen molar-refractivity contribution in [3.05, 3.63) is 45.4 Å². The first-order valence-corrected chi connectivity index (χ1v) is 13.2. The summed E-state index contributed by atoms with van der Waals surface area (Å²) in [5, 5.41) is 12.3. The Morgan fingerprint density at radius 3 is 2.68 bits per heavy atom. The van der Waals surface area contributed by atoms with E-state index in [4.69, 9.17) is 4.98 Å². The Bertz CT molecular complexity index is 1350. The zero-order valence-corrected chi connectivity index (χ0v) is 20.1. The molecule has 2 fully saturated rings. The van der Waals surface area contributed by atoms with Crippen LogP contribution in [0.1, 0.15) is 24.5 Å². The van der Waals surface area contributed by atoms with E-state index in [2.05, 4.69) is 17.1 Å². The Morgan fingerprint density at radius 2 is 2.06 bits per heavy atom. The van der Waals surface area contributed by atoms with E-state index in [0.29, 0.717) is 31.0 Å². The highest BCUT2D eigenvalue weighted by Crippen LogP contribution is 2.22. The van der Waals surface area contributed by atoms with Crippen LogP contribution in [0.3, 0.4) is 0 Å². The van der Waals surface area contributed by atoms with Crippen LogP contribution in [0.4, 0.5) is 5.82 Å². The number of aromatic nitrogens is 2. The maximum Gasteiger partial charge on any atom is 0.267 e. The number of likely N-dealkylation sites (N-methyl/N-ethyl adjacent to an activating group) is 1. The van der Waals surface area contributed by atoms with Crippen LogP contribution in [-0.2, 0) is 14.6 Å². The van der Waals surface area contributed by atoms with Gasteiger partial charge in [0.1, 0.15) is 23.1 Å². The molecule has 0 radical (unpaired) electrons. The van der Waals surface area contributed by atoms with Crippen molar-refractivity contribution in [3.8, 4) is 6.07 Å². The smallest absolute Gasteiger partial charge is 0.267 e. The fourth-order valence-corrected chi connectivity index (χ4v) is 6.08. The van der Waals surface area contributed by atoms with Gasteiger partial charge in [-0.05, 0) is 37.6 Å². The lowest BCUT2D eigenvalue weighted by atomic mass is 10.1. The number of carbonyl (C=O) groups is 1. The van der Waals surface area contributed by atoms with Crippen molar-refractivity contribution < 1.29 is 13.2 Å². The summed E-state index contributed by atoms with van der Waals surface area (Å²) in [7, 11) is -3.19. The van der Waals surface area contributed by atoms with Crippen LogP contribution in [0.25, 0.3) is 11.7 Å². The maximum absolute atomic E-state index is 13.5. The zero-order chi connectivity index (χ0) is 24.5. The summed E-state index contributed by atoms with van der Waals surface area (Å²) in [6, 6.07) is 4.95. The number of sulfone groups is 1. The lowest BCUT2D eigenvalue weighted by molar-refractivity contribution is -0.117. The Morgan fingerprint density at radius 1 is 1.32 bits per heavy atom. The molecule has 4 heterocycles. The van der Waals surface area contributed by atoms with E-state index in [1.165, 1.54) is 10.5 Å². The number of fused-ring (bicyclic) bond motifs is 1. The number of nitrogens with one attached hydrogen (secondary N) is 1. The molecule has 0 aliphatic carbocycles. The van der Waals surface area contributed by atoms with Crippen LogP contribution in [0.15, 0.2) is 28.7 Å². The monoisotopic (exact) mass is 484 g/mol. The number of anilines is 1. The van der Waals surface area contributed by atoms with Crippen LogP contribution in [-0.4, -0.2) is 78.9 Å². The predicted octanol–water partition coefficient (Wildman–Crippen LogP) is 0.355. The lowest BCUT2D eigenvalue weighted by Gasteiger charge is -2.35. The minimum Gasteiger partial charge on any atom is -0.353 e. The largest absolute Gasteiger partial charge is 0.353 e. The van der Waals surface area contributed by atoms with Crippen LogP contribution in [0.2, 0.25) is 0 Å². The fourth-order valence-electron chi connectivity index (χ4n) is 4.41.